The standard InChI is InChI=1S/C18H18ClN3O/c1-2-17-21-15-8-5-13(9-16(15)22-17)10-18(23)20-11-12-3-6-14(19)7-4-12/h3-9H,2,10-11H2,1H3,(H,20,23)(H,21,22). The molecule has 5 heteroatoms. The summed E-state index contributed by atoms with van der Waals surface area (Å²) in [5.74, 6) is 0.957. The summed E-state index contributed by atoms with van der Waals surface area (Å²) in [6, 6.07) is 13.3. The zero-order valence-corrected chi connectivity index (χ0v) is 13.7. The smallest absolute Gasteiger partial charge is 0.224 e. The SMILES string of the molecule is CCc1nc2ccc(CC(=O)NCc3ccc(Cl)cc3)cc2[nH]1. The van der Waals surface area contributed by atoms with Crippen LogP contribution in [0.2, 0.25) is 5.02 Å². The van der Waals surface area contributed by atoms with E-state index < -0.39 is 0 Å². The Morgan fingerprint density at radius 3 is 2.65 bits per heavy atom. The van der Waals surface area contributed by atoms with E-state index in [4.69, 9.17) is 11.6 Å². The fourth-order valence-corrected chi connectivity index (χ4v) is 2.56. The largest absolute Gasteiger partial charge is 0.352 e. The van der Waals surface area contributed by atoms with Crippen LogP contribution in [0.15, 0.2) is 42.5 Å². The second-order valence-electron chi connectivity index (χ2n) is 5.47. The van der Waals surface area contributed by atoms with E-state index in [-0.39, 0.29) is 5.91 Å². The van der Waals surface area contributed by atoms with Crippen LogP contribution in [0.4, 0.5) is 0 Å². The molecule has 2 aromatic carbocycles. The summed E-state index contributed by atoms with van der Waals surface area (Å²) in [5.41, 5.74) is 3.91. The van der Waals surface area contributed by atoms with Gasteiger partial charge in [-0.2, -0.15) is 0 Å². The van der Waals surface area contributed by atoms with E-state index >= 15 is 0 Å². The Hall–Kier alpha value is -2.33. The Bertz CT molecular complexity index is 824. The van der Waals surface area contributed by atoms with E-state index in [1.165, 1.54) is 0 Å². The van der Waals surface area contributed by atoms with Crippen LogP contribution in [-0.4, -0.2) is 15.9 Å². The Morgan fingerprint density at radius 1 is 1.17 bits per heavy atom. The second-order valence-corrected chi connectivity index (χ2v) is 5.90. The number of carbonyl (C=O) groups is 1. The average molecular weight is 328 g/mol. The third-order valence-corrected chi connectivity index (χ3v) is 3.95. The van der Waals surface area contributed by atoms with Crippen LogP contribution in [-0.2, 0) is 24.2 Å². The minimum Gasteiger partial charge on any atom is -0.352 e. The van der Waals surface area contributed by atoms with Gasteiger partial charge in [0.15, 0.2) is 0 Å². The van der Waals surface area contributed by atoms with Gasteiger partial charge in [0.1, 0.15) is 5.82 Å². The monoisotopic (exact) mass is 327 g/mol. The number of nitrogens with zero attached hydrogens (tertiary/aromatic N) is 1. The number of amides is 1. The maximum atomic E-state index is 12.1. The van der Waals surface area contributed by atoms with E-state index in [9.17, 15) is 4.79 Å². The number of fused-ring (bicyclic) bond motifs is 1. The first-order valence-corrected chi connectivity index (χ1v) is 8.00. The van der Waals surface area contributed by atoms with Gasteiger partial charge in [-0.25, -0.2) is 4.98 Å². The molecule has 3 rings (SSSR count). The van der Waals surface area contributed by atoms with Gasteiger partial charge in [0.05, 0.1) is 17.5 Å². The van der Waals surface area contributed by atoms with Crippen LogP contribution in [0.1, 0.15) is 23.9 Å². The molecule has 3 aromatic rings. The maximum Gasteiger partial charge on any atom is 0.224 e. The molecule has 0 saturated heterocycles. The van der Waals surface area contributed by atoms with E-state index in [2.05, 4.69) is 22.2 Å². The van der Waals surface area contributed by atoms with Crippen molar-refractivity contribution in [1.29, 1.82) is 0 Å². The maximum absolute atomic E-state index is 12.1. The predicted molar refractivity (Wildman–Crippen MR) is 92.5 cm³/mol. The summed E-state index contributed by atoms with van der Waals surface area (Å²) in [5, 5.41) is 3.62. The van der Waals surface area contributed by atoms with Crippen LogP contribution in [0, 0.1) is 0 Å². The molecule has 0 atom stereocenters. The minimum absolute atomic E-state index is 0.00506. The predicted octanol–water partition coefficient (Wildman–Crippen LogP) is 3.64. The molecular formula is C18H18ClN3O. The first kappa shape index (κ1) is 15.6. The van der Waals surface area contributed by atoms with E-state index in [0.717, 1.165) is 34.4 Å². The van der Waals surface area contributed by atoms with Gasteiger partial charge < -0.3 is 10.3 Å². The summed E-state index contributed by atoms with van der Waals surface area (Å²) in [6.07, 6.45) is 1.22. The first-order chi connectivity index (χ1) is 11.1. The molecule has 1 aromatic heterocycles. The summed E-state index contributed by atoms with van der Waals surface area (Å²) in [7, 11) is 0. The number of aromatic amines is 1. The van der Waals surface area contributed by atoms with Crippen molar-refractivity contribution in [2.45, 2.75) is 26.3 Å². The lowest BCUT2D eigenvalue weighted by molar-refractivity contribution is -0.120. The van der Waals surface area contributed by atoms with Crippen molar-refractivity contribution in [3.8, 4) is 0 Å². The van der Waals surface area contributed by atoms with E-state index in [0.29, 0.717) is 18.0 Å². The number of hydrogen-bond acceptors (Lipinski definition) is 2. The first-order valence-electron chi connectivity index (χ1n) is 7.62. The van der Waals surface area contributed by atoms with Crippen molar-refractivity contribution in [2.75, 3.05) is 0 Å². The highest BCUT2D eigenvalue weighted by atomic mass is 35.5. The molecule has 4 nitrogen and oxygen atoms in total. The summed E-state index contributed by atoms with van der Waals surface area (Å²) < 4.78 is 0. The van der Waals surface area contributed by atoms with Gasteiger partial charge in [0, 0.05) is 18.0 Å². The molecule has 0 saturated carbocycles. The Balaban J connectivity index is 1.61. The quantitative estimate of drug-likeness (QED) is 0.751. The highest BCUT2D eigenvalue weighted by Crippen LogP contribution is 2.15. The van der Waals surface area contributed by atoms with Crippen molar-refractivity contribution < 1.29 is 4.79 Å². The molecular weight excluding hydrogens is 310 g/mol. The van der Waals surface area contributed by atoms with E-state index in [1.54, 1.807) is 0 Å². The van der Waals surface area contributed by atoms with Crippen molar-refractivity contribution in [3.05, 3.63) is 64.4 Å². The van der Waals surface area contributed by atoms with Crippen LogP contribution >= 0.6 is 11.6 Å². The number of benzene rings is 2. The van der Waals surface area contributed by atoms with Gasteiger partial charge in [-0.3, -0.25) is 4.79 Å². The van der Waals surface area contributed by atoms with Crippen molar-refractivity contribution in [2.24, 2.45) is 0 Å². The van der Waals surface area contributed by atoms with Crippen molar-refractivity contribution >= 4 is 28.5 Å². The lowest BCUT2D eigenvalue weighted by atomic mass is 10.1. The third-order valence-electron chi connectivity index (χ3n) is 3.70. The number of rotatable bonds is 5. The number of aryl methyl sites for hydroxylation is 1. The van der Waals surface area contributed by atoms with Gasteiger partial charge in [0.25, 0.3) is 0 Å². The molecule has 118 valence electrons. The van der Waals surface area contributed by atoms with Crippen LogP contribution in [0.3, 0.4) is 0 Å². The lowest BCUT2D eigenvalue weighted by Gasteiger charge is -2.06. The number of carbonyl (C=O) groups excluding carboxylic acids is 1. The summed E-state index contributed by atoms with van der Waals surface area (Å²) >= 11 is 5.85. The molecule has 0 aliphatic carbocycles. The number of imidazole rings is 1. The van der Waals surface area contributed by atoms with Crippen LogP contribution in [0.25, 0.3) is 11.0 Å². The molecule has 0 fully saturated rings. The van der Waals surface area contributed by atoms with Gasteiger partial charge in [0.2, 0.25) is 5.91 Å². The zero-order valence-electron chi connectivity index (χ0n) is 12.9. The fourth-order valence-electron chi connectivity index (χ4n) is 2.44. The zero-order chi connectivity index (χ0) is 16.2. The Labute approximate surface area is 139 Å². The molecule has 2 N–H and O–H groups in total. The molecule has 23 heavy (non-hydrogen) atoms. The number of halogens is 1. The topological polar surface area (TPSA) is 57.8 Å². The molecule has 0 bridgehead atoms. The summed E-state index contributed by atoms with van der Waals surface area (Å²) in [6.45, 7) is 2.56. The molecule has 0 aliphatic rings. The normalized spacial score (nSPS) is 10.9. The van der Waals surface area contributed by atoms with Gasteiger partial charge in [-0.15, -0.1) is 0 Å². The van der Waals surface area contributed by atoms with Gasteiger partial charge in [-0.1, -0.05) is 36.7 Å². The van der Waals surface area contributed by atoms with Crippen molar-refractivity contribution in [3.63, 3.8) is 0 Å². The van der Waals surface area contributed by atoms with Crippen LogP contribution in [0.5, 0.6) is 0 Å². The minimum atomic E-state index is -0.00506. The number of aromatic nitrogens is 2. The van der Waals surface area contributed by atoms with Crippen molar-refractivity contribution in [1.82, 2.24) is 15.3 Å². The highest BCUT2D eigenvalue weighted by Gasteiger charge is 2.06. The number of hydrogen-bond donors (Lipinski definition) is 2. The molecule has 1 heterocycles. The molecule has 0 aliphatic heterocycles. The van der Waals surface area contributed by atoms with E-state index in [1.807, 2.05) is 42.5 Å². The second kappa shape index (κ2) is 6.84. The van der Waals surface area contributed by atoms with Gasteiger partial charge >= 0.3 is 0 Å². The average Bonchev–Trinajstić information content (AvgIpc) is 2.97. The fraction of sp³-hybridized carbons (Fsp3) is 0.222. The number of H-pyrrole nitrogens is 1. The molecule has 0 radical (unpaired) electrons. The third kappa shape index (κ3) is 3.90. The highest BCUT2D eigenvalue weighted by molar-refractivity contribution is 6.30. The van der Waals surface area contributed by atoms with Gasteiger partial charge in [-0.05, 0) is 35.4 Å². The molecule has 0 unspecified atom stereocenters. The summed E-state index contributed by atoms with van der Waals surface area (Å²) in [4.78, 5) is 19.8. The molecule has 0 spiro atoms. The lowest BCUT2D eigenvalue weighted by Crippen LogP contribution is -2.24. The Morgan fingerprint density at radius 2 is 1.91 bits per heavy atom. The molecule has 1 amide bonds. The van der Waals surface area contributed by atoms with Crippen LogP contribution < -0.4 is 5.32 Å². The number of nitrogens with one attached hydrogen (secondary N) is 2. The Kier molecular flexibility index (Phi) is 4.63.